The van der Waals surface area contributed by atoms with Gasteiger partial charge in [0, 0.05) is 13.7 Å². The molecular formula is C16H25ClN2O2. The van der Waals surface area contributed by atoms with Crippen molar-refractivity contribution in [2.75, 3.05) is 13.7 Å². The van der Waals surface area contributed by atoms with Crippen molar-refractivity contribution in [3.05, 3.63) is 35.9 Å². The Bertz CT molecular complexity index is 429. The van der Waals surface area contributed by atoms with Crippen molar-refractivity contribution in [1.82, 2.24) is 5.32 Å². The van der Waals surface area contributed by atoms with E-state index in [9.17, 15) is 4.79 Å². The van der Waals surface area contributed by atoms with Crippen LogP contribution in [0.1, 0.15) is 37.7 Å². The second kappa shape index (κ2) is 8.37. The van der Waals surface area contributed by atoms with E-state index < -0.39 is 0 Å². The first-order valence-corrected chi connectivity index (χ1v) is 7.29. The first-order valence-electron chi connectivity index (χ1n) is 7.29. The summed E-state index contributed by atoms with van der Waals surface area (Å²) in [7, 11) is 1.59. The molecule has 3 N–H and O–H groups in total. The summed E-state index contributed by atoms with van der Waals surface area (Å²) in [6.45, 7) is 0.363. The third-order valence-corrected chi connectivity index (χ3v) is 4.17. The smallest absolute Gasteiger partial charge is 0.223 e. The van der Waals surface area contributed by atoms with E-state index in [1.807, 2.05) is 18.2 Å². The number of amides is 1. The second-order valence-corrected chi connectivity index (χ2v) is 5.50. The second-order valence-electron chi connectivity index (χ2n) is 5.50. The van der Waals surface area contributed by atoms with Crippen molar-refractivity contribution >= 4 is 18.3 Å². The van der Waals surface area contributed by atoms with Gasteiger partial charge in [0.05, 0.1) is 18.1 Å². The van der Waals surface area contributed by atoms with Gasteiger partial charge in [0.15, 0.2) is 0 Å². The van der Waals surface area contributed by atoms with Crippen LogP contribution < -0.4 is 11.1 Å². The lowest BCUT2D eigenvalue weighted by molar-refractivity contribution is -0.125. The normalized spacial score (nSPS) is 17.8. The van der Waals surface area contributed by atoms with Crippen LogP contribution >= 0.6 is 12.4 Å². The SMILES string of the molecule is COC(CN)CC(=O)NC1(c2ccccc2)CCCC1.Cl. The highest BCUT2D eigenvalue weighted by atomic mass is 35.5. The molecule has 1 saturated carbocycles. The summed E-state index contributed by atoms with van der Waals surface area (Å²) < 4.78 is 5.19. The number of benzene rings is 1. The molecule has 0 bridgehead atoms. The molecule has 1 unspecified atom stereocenters. The molecule has 1 aromatic rings. The molecule has 118 valence electrons. The van der Waals surface area contributed by atoms with Crippen LogP contribution in [0.4, 0.5) is 0 Å². The van der Waals surface area contributed by atoms with E-state index >= 15 is 0 Å². The molecule has 0 aromatic heterocycles. The maximum atomic E-state index is 12.3. The third kappa shape index (κ3) is 4.43. The summed E-state index contributed by atoms with van der Waals surface area (Å²) >= 11 is 0. The van der Waals surface area contributed by atoms with Crippen LogP contribution in [0.5, 0.6) is 0 Å². The van der Waals surface area contributed by atoms with Gasteiger partial charge in [-0.3, -0.25) is 4.79 Å². The molecular weight excluding hydrogens is 288 g/mol. The van der Waals surface area contributed by atoms with Gasteiger partial charge in [-0.15, -0.1) is 12.4 Å². The lowest BCUT2D eigenvalue weighted by Gasteiger charge is -2.31. The predicted octanol–water partition coefficient (Wildman–Crippen LogP) is 2.36. The van der Waals surface area contributed by atoms with E-state index in [1.165, 1.54) is 5.56 Å². The third-order valence-electron chi connectivity index (χ3n) is 4.17. The first kappa shape index (κ1) is 18.0. The Morgan fingerprint density at radius 2 is 1.95 bits per heavy atom. The molecule has 1 aliphatic rings. The Labute approximate surface area is 132 Å². The summed E-state index contributed by atoms with van der Waals surface area (Å²) in [6.07, 6.45) is 4.43. The molecule has 4 nitrogen and oxygen atoms in total. The van der Waals surface area contributed by atoms with Crippen LogP contribution in [-0.4, -0.2) is 25.7 Å². The fraction of sp³-hybridized carbons (Fsp3) is 0.562. The van der Waals surface area contributed by atoms with Gasteiger partial charge in [0.25, 0.3) is 0 Å². The van der Waals surface area contributed by atoms with E-state index in [1.54, 1.807) is 7.11 Å². The van der Waals surface area contributed by atoms with Gasteiger partial charge in [0.2, 0.25) is 5.91 Å². The molecule has 21 heavy (non-hydrogen) atoms. The maximum absolute atomic E-state index is 12.3. The number of methoxy groups -OCH3 is 1. The minimum atomic E-state index is -0.204. The van der Waals surface area contributed by atoms with Gasteiger partial charge in [-0.25, -0.2) is 0 Å². The molecule has 0 saturated heterocycles. The molecule has 1 atom stereocenters. The number of ether oxygens (including phenoxy) is 1. The number of hydrogen-bond donors (Lipinski definition) is 2. The number of nitrogens with two attached hydrogens (primary N) is 1. The van der Waals surface area contributed by atoms with E-state index in [2.05, 4.69) is 17.4 Å². The highest BCUT2D eigenvalue weighted by Crippen LogP contribution is 2.38. The summed E-state index contributed by atoms with van der Waals surface area (Å²) in [5.41, 5.74) is 6.58. The minimum absolute atomic E-state index is 0. The number of halogens is 1. The van der Waals surface area contributed by atoms with Crippen molar-refractivity contribution in [2.24, 2.45) is 5.73 Å². The predicted molar refractivity (Wildman–Crippen MR) is 86.4 cm³/mol. The van der Waals surface area contributed by atoms with Crippen molar-refractivity contribution in [3.63, 3.8) is 0 Å². The Hall–Kier alpha value is -1.10. The zero-order valence-electron chi connectivity index (χ0n) is 12.5. The van der Waals surface area contributed by atoms with Gasteiger partial charge < -0.3 is 15.8 Å². The van der Waals surface area contributed by atoms with Gasteiger partial charge in [0.1, 0.15) is 0 Å². The van der Waals surface area contributed by atoms with Gasteiger partial charge in [-0.2, -0.15) is 0 Å². The molecule has 1 aromatic carbocycles. The Morgan fingerprint density at radius 3 is 2.48 bits per heavy atom. The fourth-order valence-electron chi connectivity index (χ4n) is 3.01. The molecule has 1 fully saturated rings. The Kier molecular flexibility index (Phi) is 7.15. The average Bonchev–Trinajstić information content (AvgIpc) is 2.95. The van der Waals surface area contributed by atoms with Gasteiger partial charge in [-0.1, -0.05) is 43.2 Å². The number of nitrogens with one attached hydrogen (secondary N) is 1. The summed E-state index contributed by atoms with van der Waals surface area (Å²) in [5.74, 6) is 0.0213. The van der Waals surface area contributed by atoms with E-state index in [0.29, 0.717) is 13.0 Å². The highest BCUT2D eigenvalue weighted by Gasteiger charge is 2.37. The zero-order valence-corrected chi connectivity index (χ0v) is 13.3. The number of rotatable bonds is 6. The van der Waals surface area contributed by atoms with Crippen molar-refractivity contribution in [3.8, 4) is 0 Å². The van der Waals surface area contributed by atoms with Crippen molar-refractivity contribution in [2.45, 2.75) is 43.7 Å². The maximum Gasteiger partial charge on any atom is 0.223 e. The quantitative estimate of drug-likeness (QED) is 0.847. The number of carbonyl (C=O) groups is 1. The summed E-state index contributed by atoms with van der Waals surface area (Å²) in [5, 5.41) is 3.23. The molecule has 1 aliphatic carbocycles. The molecule has 0 aliphatic heterocycles. The van der Waals surface area contributed by atoms with Crippen LogP contribution in [0, 0.1) is 0 Å². The molecule has 0 radical (unpaired) electrons. The summed E-state index contributed by atoms with van der Waals surface area (Å²) in [4.78, 5) is 12.3. The molecule has 0 heterocycles. The topological polar surface area (TPSA) is 64.3 Å². The lowest BCUT2D eigenvalue weighted by Crippen LogP contribution is -2.45. The summed E-state index contributed by atoms with van der Waals surface area (Å²) in [6, 6.07) is 10.3. The van der Waals surface area contributed by atoms with Gasteiger partial charge in [-0.05, 0) is 18.4 Å². The van der Waals surface area contributed by atoms with Crippen LogP contribution in [-0.2, 0) is 15.1 Å². The van der Waals surface area contributed by atoms with Crippen molar-refractivity contribution in [1.29, 1.82) is 0 Å². The lowest BCUT2D eigenvalue weighted by atomic mass is 9.88. The first-order chi connectivity index (χ1) is 9.70. The molecule has 2 rings (SSSR count). The van der Waals surface area contributed by atoms with Gasteiger partial charge >= 0.3 is 0 Å². The fourth-order valence-corrected chi connectivity index (χ4v) is 3.01. The van der Waals surface area contributed by atoms with Crippen molar-refractivity contribution < 1.29 is 9.53 Å². The van der Waals surface area contributed by atoms with E-state index in [0.717, 1.165) is 25.7 Å². The zero-order chi connectivity index (χ0) is 14.4. The van der Waals surface area contributed by atoms with Crippen LogP contribution in [0.15, 0.2) is 30.3 Å². The molecule has 1 amide bonds. The van der Waals surface area contributed by atoms with E-state index in [4.69, 9.17) is 10.5 Å². The number of hydrogen-bond acceptors (Lipinski definition) is 3. The average molecular weight is 313 g/mol. The highest BCUT2D eigenvalue weighted by molar-refractivity contribution is 5.85. The minimum Gasteiger partial charge on any atom is -0.380 e. The Balaban J connectivity index is 0.00000220. The van der Waals surface area contributed by atoms with Crippen LogP contribution in [0.2, 0.25) is 0 Å². The Morgan fingerprint density at radius 1 is 1.33 bits per heavy atom. The largest absolute Gasteiger partial charge is 0.380 e. The number of carbonyl (C=O) groups excluding carboxylic acids is 1. The monoisotopic (exact) mass is 312 g/mol. The van der Waals surface area contributed by atoms with E-state index in [-0.39, 0.29) is 30.0 Å². The standard InChI is InChI=1S/C16H24N2O2.ClH/c1-20-14(12-17)11-15(19)18-16(9-5-6-10-16)13-7-3-2-4-8-13;/h2-4,7-8,14H,5-6,9-12,17H2,1H3,(H,18,19);1H. The molecule has 5 heteroatoms. The van der Waals surface area contributed by atoms with Crippen LogP contribution in [0.3, 0.4) is 0 Å². The molecule has 0 spiro atoms. The van der Waals surface area contributed by atoms with Crippen LogP contribution in [0.25, 0.3) is 0 Å².